The highest BCUT2D eigenvalue weighted by molar-refractivity contribution is 5.37. The van der Waals surface area contributed by atoms with Crippen LogP contribution in [0.2, 0.25) is 0 Å². The Bertz CT molecular complexity index is 383. The van der Waals surface area contributed by atoms with E-state index in [4.69, 9.17) is 14.2 Å². The van der Waals surface area contributed by atoms with E-state index in [-0.39, 0.29) is 0 Å². The van der Waals surface area contributed by atoms with Crippen LogP contribution in [0.5, 0.6) is 5.75 Å². The third-order valence-electron chi connectivity index (χ3n) is 3.62. The summed E-state index contributed by atoms with van der Waals surface area (Å²) < 4.78 is 16.4. The van der Waals surface area contributed by atoms with Crippen LogP contribution in [0.3, 0.4) is 0 Å². The lowest BCUT2D eigenvalue weighted by molar-refractivity contribution is -0.209. The molecule has 0 unspecified atom stereocenters. The van der Waals surface area contributed by atoms with Gasteiger partial charge >= 0.3 is 0 Å². The molecular formula is C14H20O3. The fraction of sp³-hybridized carbons (Fsp3) is 0.571. The van der Waals surface area contributed by atoms with Gasteiger partial charge in [0.2, 0.25) is 0 Å². The molecule has 0 aromatic heterocycles. The van der Waals surface area contributed by atoms with Crippen LogP contribution in [-0.4, -0.2) is 27.1 Å². The average Bonchev–Trinajstić information content (AvgIpc) is 2.57. The molecule has 1 aliphatic rings. The highest BCUT2D eigenvalue weighted by atomic mass is 16.7. The molecule has 0 spiro atoms. The molecule has 0 radical (unpaired) electrons. The first-order valence-corrected chi connectivity index (χ1v) is 5.99. The first-order valence-electron chi connectivity index (χ1n) is 5.99. The Morgan fingerprint density at radius 1 is 1.06 bits per heavy atom. The van der Waals surface area contributed by atoms with Gasteiger partial charge in [-0.05, 0) is 36.1 Å². The van der Waals surface area contributed by atoms with Crippen LogP contribution >= 0.6 is 0 Å². The Balaban J connectivity index is 2.32. The minimum absolute atomic E-state index is 0.458. The number of hydrogen-bond donors (Lipinski definition) is 0. The van der Waals surface area contributed by atoms with Crippen LogP contribution in [0.25, 0.3) is 0 Å². The number of hydrogen-bond acceptors (Lipinski definition) is 3. The van der Waals surface area contributed by atoms with Crippen molar-refractivity contribution in [2.24, 2.45) is 0 Å². The summed E-state index contributed by atoms with van der Waals surface area (Å²) in [6, 6.07) is 6.24. The smallest absolute Gasteiger partial charge is 0.171 e. The molecule has 0 saturated carbocycles. The van der Waals surface area contributed by atoms with E-state index in [9.17, 15) is 0 Å². The van der Waals surface area contributed by atoms with Crippen molar-refractivity contribution in [3.8, 4) is 5.75 Å². The van der Waals surface area contributed by atoms with Crippen molar-refractivity contribution in [1.82, 2.24) is 0 Å². The SMILES string of the molecule is COc1ccc2c(c1)CCCC(OC)(OC)C2. The average molecular weight is 236 g/mol. The molecule has 0 atom stereocenters. The Hall–Kier alpha value is -1.06. The fourth-order valence-electron chi connectivity index (χ4n) is 2.49. The molecule has 17 heavy (non-hydrogen) atoms. The summed E-state index contributed by atoms with van der Waals surface area (Å²) in [6.45, 7) is 0. The maximum Gasteiger partial charge on any atom is 0.171 e. The molecular weight excluding hydrogens is 216 g/mol. The zero-order valence-electron chi connectivity index (χ0n) is 10.8. The highest BCUT2D eigenvalue weighted by Crippen LogP contribution is 2.32. The van der Waals surface area contributed by atoms with Crippen LogP contribution in [-0.2, 0) is 22.3 Å². The summed E-state index contributed by atoms with van der Waals surface area (Å²) in [7, 11) is 5.14. The molecule has 0 fully saturated rings. The van der Waals surface area contributed by atoms with Gasteiger partial charge in [-0.15, -0.1) is 0 Å². The third kappa shape index (κ3) is 2.45. The molecule has 3 heteroatoms. The molecule has 0 N–H and O–H groups in total. The Kier molecular flexibility index (Phi) is 3.69. The second-order valence-electron chi connectivity index (χ2n) is 4.48. The van der Waals surface area contributed by atoms with E-state index >= 15 is 0 Å². The van der Waals surface area contributed by atoms with Crippen LogP contribution < -0.4 is 4.74 Å². The van der Waals surface area contributed by atoms with Gasteiger partial charge in [0.15, 0.2) is 5.79 Å². The maximum absolute atomic E-state index is 5.57. The minimum Gasteiger partial charge on any atom is -0.497 e. The molecule has 3 nitrogen and oxygen atoms in total. The van der Waals surface area contributed by atoms with Crippen LogP contribution in [0.1, 0.15) is 24.0 Å². The normalized spacial score (nSPS) is 18.3. The first-order chi connectivity index (χ1) is 8.23. The summed E-state index contributed by atoms with van der Waals surface area (Å²) in [6.07, 6.45) is 3.86. The minimum atomic E-state index is -0.458. The number of aryl methyl sites for hydroxylation is 1. The van der Waals surface area contributed by atoms with Crippen LogP contribution in [0.4, 0.5) is 0 Å². The first kappa shape index (κ1) is 12.4. The summed E-state index contributed by atoms with van der Waals surface area (Å²) in [5, 5.41) is 0. The Morgan fingerprint density at radius 3 is 2.47 bits per heavy atom. The monoisotopic (exact) mass is 236 g/mol. The topological polar surface area (TPSA) is 27.7 Å². The van der Waals surface area contributed by atoms with Crippen LogP contribution in [0, 0.1) is 0 Å². The molecule has 0 heterocycles. The van der Waals surface area contributed by atoms with Crippen molar-refractivity contribution in [2.75, 3.05) is 21.3 Å². The van der Waals surface area contributed by atoms with E-state index in [0.717, 1.165) is 31.4 Å². The van der Waals surface area contributed by atoms with E-state index in [1.54, 1.807) is 21.3 Å². The van der Waals surface area contributed by atoms with Crippen molar-refractivity contribution in [1.29, 1.82) is 0 Å². The Labute approximate surface area is 103 Å². The zero-order chi connectivity index (χ0) is 12.3. The van der Waals surface area contributed by atoms with E-state index in [1.807, 2.05) is 6.07 Å². The van der Waals surface area contributed by atoms with Gasteiger partial charge in [0.1, 0.15) is 5.75 Å². The van der Waals surface area contributed by atoms with Crippen molar-refractivity contribution in [3.05, 3.63) is 29.3 Å². The van der Waals surface area contributed by atoms with Gasteiger partial charge in [0.05, 0.1) is 7.11 Å². The Morgan fingerprint density at radius 2 is 1.82 bits per heavy atom. The molecule has 1 aromatic carbocycles. The molecule has 1 aliphatic carbocycles. The lowest BCUT2D eigenvalue weighted by Gasteiger charge is -2.29. The zero-order valence-corrected chi connectivity index (χ0v) is 10.8. The van der Waals surface area contributed by atoms with Gasteiger partial charge in [-0.1, -0.05) is 6.07 Å². The van der Waals surface area contributed by atoms with E-state index in [0.29, 0.717) is 0 Å². The second kappa shape index (κ2) is 5.07. The standard InChI is InChI=1S/C14H20O3/c1-15-13-7-6-12-10-14(16-2,17-3)8-4-5-11(12)9-13/h6-7,9H,4-5,8,10H2,1-3H3. The van der Waals surface area contributed by atoms with Gasteiger partial charge in [-0.2, -0.15) is 0 Å². The molecule has 0 saturated heterocycles. The number of methoxy groups -OCH3 is 3. The van der Waals surface area contributed by atoms with Crippen molar-refractivity contribution < 1.29 is 14.2 Å². The lowest BCUT2D eigenvalue weighted by atomic mass is 10.0. The summed E-state index contributed by atoms with van der Waals surface area (Å²) in [5.41, 5.74) is 2.65. The van der Waals surface area contributed by atoms with Crippen molar-refractivity contribution >= 4 is 0 Å². The van der Waals surface area contributed by atoms with Crippen LogP contribution in [0.15, 0.2) is 18.2 Å². The summed E-state index contributed by atoms with van der Waals surface area (Å²) in [5.74, 6) is 0.464. The lowest BCUT2D eigenvalue weighted by Crippen LogP contribution is -2.35. The van der Waals surface area contributed by atoms with Crippen molar-refractivity contribution in [2.45, 2.75) is 31.5 Å². The quantitative estimate of drug-likeness (QED) is 0.596. The van der Waals surface area contributed by atoms with E-state index in [2.05, 4.69) is 12.1 Å². The predicted octanol–water partition coefficient (Wildman–Crippen LogP) is 2.56. The third-order valence-corrected chi connectivity index (χ3v) is 3.62. The van der Waals surface area contributed by atoms with E-state index < -0.39 is 5.79 Å². The molecule has 2 rings (SSSR count). The highest BCUT2D eigenvalue weighted by Gasteiger charge is 2.32. The summed E-state index contributed by atoms with van der Waals surface area (Å²) in [4.78, 5) is 0. The fourth-order valence-corrected chi connectivity index (χ4v) is 2.49. The number of benzene rings is 1. The summed E-state index contributed by atoms with van der Waals surface area (Å²) >= 11 is 0. The number of ether oxygens (including phenoxy) is 3. The van der Waals surface area contributed by atoms with Gasteiger partial charge in [-0.25, -0.2) is 0 Å². The molecule has 0 amide bonds. The molecule has 0 aliphatic heterocycles. The van der Waals surface area contributed by atoms with Gasteiger partial charge in [0, 0.05) is 27.1 Å². The molecule has 94 valence electrons. The van der Waals surface area contributed by atoms with Gasteiger partial charge < -0.3 is 14.2 Å². The van der Waals surface area contributed by atoms with E-state index in [1.165, 1.54) is 11.1 Å². The van der Waals surface area contributed by atoms with Gasteiger partial charge in [0.25, 0.3) is 0 Å². The molecule has 0 bridgehead atoms. The number of fused-ring (bicyclic) bond motifs is 1. The maximum atomic E-state index is 5.57. The number of rotatable bonds is 3. The predicted molar refractivity (Wildman–Crippen MR) is 66.4 cm³/mol. The van der Waals surface area contributed by atoms with Gasteiger partial charge in [-0.3, -0.25) is 0 Å². The largest absolute Gasteiger partial charge is 0.497 e. The second-order valence-corrected chi connectivity index (χ2v) is 4.48. The molecule has 1 aromatic rings. The van der Waals surface area contributed by atoms with Crippen molar-refractivity contribution in [3.63, 3.8) is 0 Å².